The van der Waals surface area contributed by atoms with E-state index in [2.05, 4.69) is 10.4 Å². The third-order valence-corrected chi connectivity index (χ3v) is 6.47. The molecule has 3 aromatic rings. The molecule has 2 aromatic carbocycles. The summed E-state index contributed by atoms with van der Waals surface area (Å²) in [7, 11) is 1.38. The van der Waals surface area contributed by atoms with E-state index in [0.29, 0.717) is 29.0 Å². The zero-order valence-corrected chi connectivity index (χ0v) is 21.2. The Hall–Kier alpha value is -3.44. The second-order valence-electron chi connectivity index (χ2n) is 8.03. The van der Waals surface area contributed by atoms with Crippen LogP contribution in [0.15, 0.2) is 48.2 Å². The van der Waals surface area contributed by atoms with Crippen molar-refractivity contribution in [3.8, 4) is 5.75 Å². The molecule has 194 valence electrons. The topological polar surface area (TPSA) is 59.4 Å². The van der Waals surface area contributed by atoms with Gasteiger partial charge in [0.05, 0.1) is 24.4 Å². The minimum absolute atomic E-state index is 0.211. The van der Waals surface area contributed by atoms with Crippen molar-refractivity contribution in [1.29, 1.82) is 0 Å². The lowest BCUT2D eigenvalue weighted by molar-refractivity contribution is -0.113. The zero-order chi connectivity index (χ0) is 26.9. The van der Waals surface area contributed by atoms with Crippen molar-refractivity contribution in [2.45, 2.75) is 32.7 Å². The first-order valence-corrected chi connectivity index (χ1v) is 11.9. The normalized spacial score (nSPS) is 14.8. The van der Waals surface area contributed by atoms with Crippen LogP contribution in [0.4, 0.5) is 23.2 Å². The molecule has 1 N–H and O–H groups in total. The summed E-state index contributed by atoms with van der Waals surface area (Å²) in [6.07, 6.45) is -3.98. The maximum absolute atomic E-state index is 13.6. The van der Waals surface area contributed by atoms with Gasteiger partial charge >= 0.3 is 0 Å². The van der Waals surface area contributed by atoms with Crippen molar-refractivity contribution in [2.24, 2.45) is 0 Å². The number of benzene rings is 2. The molecule has 1 amide bonds. The van der Waals surface area contributed by atoms with Crippen molar-refractivity contribution in [3.05, 3.63) is 81.3 Å². The first-order valence-electron chi connectivity index (χ1n) is 11.1. The summed E-state index contributed by atoms with van der Waals surface area (Å²) >= 11 is 11.2. The minimum atomic E-state index is -3.12. The number of alkyl halides is 4. The number of nitrogens with one attached hydrogen (secondary N) is 1. The van der Waals surface area contributed by atoms with E-state index in [0.717, 1.165) is 10.2 Å². The maximum Gasteiger partial charge on any atom is 0.283 e. The van der Waals surface area contributed by atoms with E-state index in [1.54, 1.807) is 24.3 Å². The van der Waals surface area contributed by atoms with Crippen molar-refractivity contribution >= 4 is 46.6 Å². The second-order valence-corrected chi connectivity index (χ2v) is 8.79. The Balaban J connectivity index is 1.69. The third-order valence-electron chi connectivity index (χ3n) is 5.80. The molecular weight excluding hydrogens is 532 g/mol. The van der Waals surface area contributed by atoms with E-state index in [4.69, 9.17) is 28.6 Å². The van der Waals surface area contributed by atoms with Gasteiger partial charge < -0.3 is 10.1 Å². The van der Waals surface area contributed by atoms with E-state index >= 15 is 0 Å². The fraction of sp³-hybridized carbons (Fsp3) is 0.240. The number of hydrogen-bond acceptors (Lipinski definition) is 4. The average Bonchev–Trinajstić information content (AvgIpc) is 3.34. The second kappa shape index (κ2) is 10.9. The van der Waals surface area contributed by atoms with Gasteiger partial charge in [0.2, 0.25) is 0 Å². The molecular formula is C25H21ClF4N4O2S. The molecule has 37 heavy (non-hydrogen) atoms. The van der Waals surface area contributed by atoms with E-state index in [1.165, 1.54) is 12.0 Å². The van der Waals surface area contributed by atoms with Gasteiger partial charge in [-0.1, -0.05) is 42.8 Å². The molecule has 1 saturated heterocycles. The molecule has 4 rings (SSSR count). The summed E-state index contributed by atoms with van der Waals surface area (Å²) in [5, 5.41) is 5.97. The van der Waals surface area contributed by atoms with Gasteiger partial charge in [-0.2, -0.15) is 5.10 Å². The van der Waals surface area contributed by atoms with E-state index in [-0.39, 0.29) is 23.3 Å². The highest BCUT2D eigenvalue weighted by Crippen LogP contribution is 2.36. The van der Waals surface area contributed by atoms with E-state index < -0.39 is 29.3 Å². The Bertz CT molecular complexity index is 1390. The van der Waals surface area contributed by atoms with Crippen LogP contribution in [0.2, 0.25) is 5.02 Å². The van der Waals surface area contributed by atoms with Gasteiger partial charge in [-0.3, -0.25) is 14.4 Å². The maximum atomic E-state index is 13.6. The molecule has 1 aliphatic rings. The number of carbonyl (C=O) groups is 1. The average molecular weight is 553 g/mol. The van der Waals surface area contributed by atoms with Gasteiger partial charge in [-0.05, 0) is 54.0 Å². The molecule has 12 heteroatoms. The Morgan fingerprint density at radius 3 is 2.51 bits per heavy atom. The van der Waals surface area contributed by atoms with Gasteiger partial charge in [0.15, 0.2) is 5.11 Å². The number of ether oxygens (including phenoxy) is 1. The first kappa shape index (κ1) is 26.6. The Kier molecular flexibility index (Phi) is 7.84. The molecule has 0 unspecified atom stereocenters. The van der Waals surface area contributed by atoms with Crippen molar-refractivity contribution in [2.75, 3.05) is 12.0 Å². The summed E-state index contributed by atoms with van der Waals surface area (Å²) in [6, 6.07) is 12.2. The van der Waals surface area contributed by atoms with Crippen LogP contribution in [0.25, 0.3) is 6.08 Å². The molecule has 0 aliphatic carbocycles. The number of halogens is 5. The highest BCUT2D eigenvalue weighted by atomic mass is 35.5. The molecule has 0 saturated carbocycles. The SMILES string of the molecule is CCc1ccccc1N1C(=O)/C(=C\c2ccc(OC)c(Cn3nc(C(F)F)c(Cl)c3C(F)F)c2)NC1=S. The summed E-state index contributed by atoms with van der Waals surface area (Å²) in [5.74, 6) is -0.0454. The number of carbonyl (C=O) groups excluding carboxylic acids is 1. The van der Waals surface area contributed by atoms with E-state index in [1.807, 2.05) is 31.2 Å². The van der Waals surface area contributed by atoms with Crippen LogP contribution in [0, 0.1) is 0 Å². The van der Waals surface area contributed by atoms with Gasteiger partial charge in [0.1, 0.15) is 22.8 Å². The highest BCUT2D eigenvalue weighted by molar-refractivity contribution is 7.80. The van der Waals surface area contributed by atoms with Crippen LogP contribution in [-0.2, 0) is 17.8 Å². The molecule has 1 aliphatic heterocycles. The molecule has 2 heterocycles. The summed E-state index contributed by atoms with van der Waals surface area (Å²) in [5.41, 5.74) is 0.982. The van der Waals surface area contributed by atoms with Gasteiger partial charge in [-0.25, -0.2) is 17.6 Å². The minimum Gasteiger partial charge on any atom is -0.496 e. The number of aryl methyl sites for hydroxylation is 1. The van der Waals surface area contributed by atoms with Crippen molar-refractivity contribution in [3.63, 3.8) is 0 Å². The van der Waals surface area contributed by atoms with Crippen LogP contribution < -0.4 is 15.0 Å². The number of amides is 1. The fourth-order valence-corrected chi connectivity index (χ4v) is 4.65. The lowest BCUT2D eigenvalue weighted by Gasteiger charge is -2.17. The molecule has 1 aromatic heterocycles. The number of hydrogen-bond donors (Lipinski definition) is 1. The Morgan fingerprint density at radius 1 is 1.14 bits per heavy atom. The summed E-state index contributed by atoms with van der Waals surface area (Å²) in [6.45, 7) is 1.66. The molecule has 0 atom stereocenters. The number of aromatic nitrogens is 2. The van der Waals surface area contributed by atoms with Crippen LogP contribution in [0.5, 0.6) is 5.75 Å². The number of para-hydroxylation sites is 1. The standard InChI is InChI=1S/C25H21ClF4N4O2S/c1-3-14-6-4-5-7-17(14)34-24(35)16(31-25(34)37)11-13-8-9-18(36-2)15(10-13)12-33-21(23(29)30)19(26)20(32-33)22(27)28/h4-11,22-23H,3,12H2,1-2H3,(H,31,37)/b16-11+. The number of anilines is 1. The van der Waals surface area contributed by atoms with Gasteiger partial charge in [-0.15, -0.1) is 0 Å². The number of nitrogens with zero attached hydrogens (tertiary/aromatic N) is 3. The molecule has 0 radical (unpaired) electrons. The molecule has 0 bridgehead atoms. The van der Waals surface area contributed by atoms with E-state index in [9.17, 15) is 22.4 Å². The van der Waals surface area contributed by atoms with Gasteiger partial charge in [0.25, 0.3) is 18.8 Å². The summed E-state index contributed by atoms with van der Waals surface area (Å²) < 4.78 is 59.8. The largest absolute Gasteiger partial charge is 0.496 e. The lowest BCUT2D eigenvalue weighted by Crippen LogP contribution is -2.31. The predicted octanol–water partition coefficient (Wildman–Crippen LogP) is 6.29. The zero-order valence-electron chi connectivity index (χ0n) is 19.6. The van der Waals surface area contributed by atoms with Gasteiger partial charge in [0, 0.05) is 5.56 Å². The first-order chi connectivity index (χ1) is 17.7. The molecule has 0 spiro atoms. The van der Waals surface area contributed by atoms with Crippen LogP contribution in [-0.4, -0.2) is 27.9 Å². The fourth-order valence-electron chi connectivity index (χ4n) is 4.06. The number of thiocarbonyl (C=S) groups is 1. The summed E-state index contributed by atoms with van der Waals surface area (Å²) in [4.78, 5) is 14.6. The van der Waals surface area contributed by atoms with Crippen LogP contribution >= 0.6 is 23.8 Å². The Morgan fingerprint density at radius 2 is 1.86 bits per heavy atom. The lowest BCUT2D eigenvalue weighted by atomic mass is 10.1. The Labute approximate surface area is 220 Å². The molecule has 6 nitrogen and oxygen atoms in total. The van der Waals surface area contributed by atoms with Crippen LogP contribution in [0.3, 0.4) is 0 Å². The number of rotatable bonds is 8. The smallest absolute Gasteiger partial charge is 0.283 e. The van der Waals surface area contributed by atoms with Crippen molar-refractivity contribution < 1.29 is 27.1 Å². The predicted molar refractivity (Wildman–Crippen MR) is 136 cm³/mol. The molecule has 1 fully saturated rings. The third kappa shape index (κ3) is 5.19. The van der Waals surface area contributed by atoms with Crippen LogP contribution in [0.1, 0.15) is 47.9 Å². The quantitative estimate of drug-likeness (QED) is 0.202. The highest BCUT2D eigenvalue weighted by Gasteiger charge is 2.33. The number of methoxy groups -OCH3 is 1. The monoisotopic (exact) mass is 552 g/mol. The van der Waals surface area contributed by atoms with Crippen molar-refractivity contribution in [1.82, 2.24) is 15.1 Å².